The molecule has 0 aromatic heterocycles. The van der Waals surface area contributed by atoms with E-state index >= 15 is 0 Å². The predicted molar refractivity (Wildman–Crippen MR) is 66.2 cm³/mol. The molecule has 2 unspecified atom stereocenters. The molecule has 0 heterocycles. The van der Waals surface area contributed by atoms with Crippen LogP contribution in [0, 0.1) is 5.92 Å². The van der Waals surface area contributed by atoms with Gasteiger partial charge in [0.1, 0.15) is 0 Å². The van der Waals surface area contributed by atoms with Crippen molar-refractivity contribution in [3.05, 3.63) is 0 Å². The second-order valence-corrected chi connectivity index (χ2v) is 5.86. The Kier molecular flexibility index (Phi) is 5.42. The third-order valence-electron chi connectivity index (χ3n) is 3.26. The summed E-state index contributed by atoms with van der Waals surface area (Å²) in [5.41, 5.74) is -1.33. The largest absolute Gasteiger partial charge is 0.423 e. The number of rotatable bonds is 3. The molecule has 0 aromatic rings. The highest BCUT2D eigenvalue weighted by atomic mass is 127. The third-order valence-corrected chi connectivity index (χ3v) is 4.65. The lowest BCUT2D eigenvalue weighted by atomic mass is 9.80. The van der Waals surface area contributed by atoms with Gasteiger partial charge < -0.3 is 4.74 Å². The molecule has 1 saturated carbocycles. The molecule has 1 aliphatic rings. The van der Waals surface area contributed by atoms with E-state index in [9.17, 15) is 26.3 Å². The molecule has 0 radical (unpaired) electrons. The second kappa shape index (κ2) is 5.95. The first-order valence-corrected chi connectivity index (χ1v) is 7.40. The van der Waals surface area contributed by atoms with E-state index in [-0.39, 0.29) is 23.2 Å². The van der Waals surface area contributed by atoms with Crippen LogP contribution in [0.15, 0.2) is 0 Å². The van der Waals surface area contributed by atoms with Crippen molar-refractivity contribution in [1.29, 1.82) is 0 Å². The Hall–Kier alpha value is 0.270. The molecule has 0 aromatic carbocycles. The van der Waals surface area contributed by atoms with Crippen molar-refractivity contribution in [2.24, 2.45) is 5.92 Å². The van der Waals surface area contributed by atoms with E-state index < -0.39 is 24.1 Å². The quantitative estimate of drug-likeness (QED) is 0.370. The molecule has 1 fully saturated rings. The summed E-state index contributed by atoms with van der Waals surface area (Å²) < 4.78 is 79.9. The predicted octanol–water partition coefficient (Wildman–Crippen LogP) is 4.88. The minimum Gasteiger partial charge on any atom is -0.353 e. The monoisotopic (exact) mass is 404 g/mol. The first-order chi connectivity index (χ1) is 8.50. The lowest BCUT2D eigenvalue weighted by molar-refractivity contribution is -0.345. The van der Waals surface area contributed by atoms with Gasteiger partial charge in [-0.3, -0.25) is 0 Å². The smallest absolute Gasteiger partial charge is 0.353 e. The minimum absolute atomic E-state index is 0.0747. The van der Waals surface area contributed by atoms with Gasteiger partial charge in [0.05, 0.1) is 5.60 Å². The average Bonchev–Trinajstić information content (AvgIpc) is 2.23. The van der Waals surface area contributed by atoms with E-state index in [0.29, 0.717) is 6.42 Å². The summed E-state index contributed by atoms with van der Waals surface area (Å²) in [5.74, 6) is 0.0747. The van der Waals surface area contributed by atoms with E-state index in [1.807, 2.05) is 6.92 Å². The maximum atomic E-state index is 12.5. The van der Waals surface area contributed by atoms with Crippen LogP contribution < -0.4 is 0 Å². The van der Waals surface area contributed by atoms with Crippen LogP contribution in [0.4, 0.5) is 26.3 Å². The first-order valence-electron chi connectivity index (χ1n) is 5.87. The Morgan fingerprint density at radius 3 is 2.11 bits per heavy atom. The Bertz CT molecular complexity index is 289. The molecule has 1 aliphatic carbocycles. The highest BCUT2D eigenvalue weighted by Crippen LogP contribution is 2.43. The van der Waals surface area contributed by atoms with E-state index in [2.05, 4.69) is 4.74 Å². The fourth-order valence-electron chi connectivity index (χ4n) is 2.44. The summed E-state index contributed by atoms with van der Waals surface area (Å²) in [5, 5.41) is 0. The molecule has 0 amide bonds. The summed E-state index contributed by atoms with van der Waals surface area (Å²) >= 11 is 1.80. The zero-order chi connectivity index (χ0) is 14.9. The van der Waals surface area contributed by atoms with Gasteiger partial charge in [-0.05, 0) is 18.8 Å². The fourth-order valence-corrected chi connectivity index (χ4v) is 3.31. The maximum Gasteiger partial charge on any atom is 0.423 e. The van der Waals surface area contributed by atoms with Crippen LogP contribution in [0.2, 0.25) is 0 Å². The van der Waals surface area contributed by atoms with Gasteiger partial charge in [0.25, 0.3) is 0 Å². The van der Waals surface area contributed by atoms with E-state index in [1.165, 1.54) is 0 Å². The summed E-state index contributed by atoms with van der Waals surface area (Å²) in [6.07, 6.45) is -12.7. The number of hydrogen-bond acceptors (Lipinski definition) is 1. The summed E-state index contributed by atoms with van der Waals surface area (Å²) in [6.45, 7) is 1.82. The number of ether oxygens (including phenoxy) is 1. The minimum atomic E-state index is -5.43. The van der Waals surface area contributed by atoms with E-state index in [1.54, 1.807) is 22.6 Å². The molecule has 0 aliphatic heterocycles. The van der Waals surface area contributed by atoms with Crippen molar-refractivity contribution in [3.8, 4) is 0 Å². The number of alkyl halides is 7. The standard InChI is InChI=1S/C11H15F6IO/c1-7-3-2-4-9(5-7,6-18)19-8(10(12,13)14)11(15,16)17/h7-8H,2-6H2,1H3. The van der Waals surface area contributed by atoms with Crippen LogP contribution in [0.1, 0.15) is 32.6 Å². The molecule has 0 N–H and O–H groups in total. The second-order valence-electron chi connectivity index (χ2n) is 5.10. The zero-order valence-corrected chi connectivity index (χ0v) is 12.4. The zero-order valence-electron chi connectivity index (χ0n) is 10.2. The molecule has 8 heteroatoms. The number of hydrogen-bond donors (Lipinski definition) is 0. The molecular weight excluding hydrogens is 389 g/mol. The Morgan fingerprint density at radius 2 is 1.74 bits per heavy atom. The number of halogens is 7. The van der Waals surface area contributed by atoms with Gasteiger partial charge in [-0.2, -0.15) is 26.3 Å². The van der Waals surface area contributed by atoms with Crippen LogP contribution in [0.25, 0.3) is 0 Å². The van der Waals surface area contributed by atoms with Gasteiger partial charge in [0.15, 0.2) is 0 Å². The van der Waals surface area contributed by atoms with Crippen molar-refractivity contribution >= 4 is 22.6 Å². The lowest BCUT2D eigenvalue weighted by Gasteiger charge is -2.41. The highest BCUT2D eigenvalue weighted by molar-refractivity contribution is 14.1. The molecule has 2 atom stereocenters. The first kappa shape index (κ1) is 17.3. The van der Waals surface area contributed by atoms with Crippen LogP contribution in [-0.4, -0.2) is 28.5 Å². The fraction of sp³-hybridized carbons (Fsp3) is 1.00. The Morgan fingerprint density at radius 1 is 1.21 bits per heavy atom. The SMILES string of the molecule is CC1CCCC(CI)(OC(C(F)(F)F)C(F)(F)F)C1. The van der Waals surface area contributed by atoms with Gasteiger partial charge in [0, 0.05) is 4.43 Å². The van der Waals surface area contributed by atoms with Crippen LogP contribution in [0.3, 0.4) is 0 Å². The van der Waals surface area contributed by atoms with Crippen molar-refractivity contribution in [2.75, 3.05) is 4.43 Å². The van der Waals surface area contributed by atoms with Gasteiger partial charge in [-0.15, -0.1) is 0 Å². The Labute approximate surface area is 121 Å². The van der Waals surface area contributed by atoms with Gasteiger partial charge in [-0.25, -0.2) is 0 Å². The molecular formula is C11H15F6IO. The van der Waals surface area contributed by atoms with Crippen LogP contribution >= 0.6 is 22.6 Å². The average molecular weight is 404 g/mol. The van der Waals surface area contributed by atoms with Crippen molar-refractivity contribution in [1.82, 2.24) is 0 Å². The van der Waals surface area contributed by atoms with Crippen LogP contribution in [-0.2, 0) is 4.74 Å². The van der Waals surface area contributed by atoms with Gasteiger partial charge in [0.2, 0.25) is 6.10 Å². The molecule has 114 valence electrons. The normalized spacial score (nSPS) is 29.8. The molecule has 0 spiro atoms. The van der Waals surface area contributed by atoms with Crippen molar-refractivity contribution < 1.29 is 31.1 Å². The van der Waals surface area contributed by atoms with Crippen LogP contribution in [0.5, 0.6) is 0 Å². The molecule has 1 rings (SSSR count). The maximum absolute atomic E-state index is 12.5. The topological polar surface area (TPSA) is 9.23 Å². The highest BCUT2D eigenvalue weighted by Gasteiger charge is 2.60. The third kappa shape index (κ3) is 4.64. The molecule has 0 bridgehead atoms. The summed E-state index contributed by atoms with van der Waals surface area (Å²) in [4.78, 5) is 0. The van der Waals surface area contributed by atoms with E-state index in [0.717, 1.165) is 6.42 Å². The van der Waals surface area contributed by atoms with Gasteiger partial charge in [-0.1, -0.05) is 42.4 Å². The lowest BCUT2D eigenvalue weighted by Crippen LogP contribution is -2.52. The molecule has 19 heavy (non-hydrogen) atoms. The Balaban J connectivity index is 2.93. The van der Waals surface area contributed by atoms with E-state index in [4.69, 9.17) is 0 Å². The summed E-state index contributed by atoms with van der Waals surface area (Å²) in [7, 11) is 0. The van der Waals surface area contributed by atoms with Gasteiger partial charge >= 0.3 is 12.4 Å². The molecule has 0 saturated heterocycles. The van der Waals surface area contributed by atoms with Crippen molar-refractivity contribution in [2.45, 2.75) is 56.7 Å². The molecule has 1 nitrogen and oxygen atoms in total. The summed E-state index contributed by atoms with van der Waals surface area (Å²) in [6, 6.07) is 0. The van der Waals surface area contributed by atoms with Crippen molar-refractivity contribution in [3.63, 3.8) is 0 Å².